The molecule has 0 saturated carbocycles. The molecule has 3 heterocycles. The third-order valence-electron chi connectivity index (χ3n) is 4.07. The van der Waals surface area contributed by atoms with E-state index in [4.69, 9.17) is 9.47 Å². The zero-order valence-corrected chi connectivity index (χ0v) is 14.6. The number of ether oxygens (including phenoxy) is 2. The molecule has 9 nitrogen and oxygen atoms in total. The summed E-state index contributed by atoms with van der Waals surface area (Å²) in [6.07, 6.45) is 3.57. The average molecular weight is 346 g/mol. The van der Waals surface area contributed by atoms with Gasteiger partial charge in [-0.15, -0.1) is 0 Å². The van der Waals surface area contributed by atoms with Crippen molar-refractivity contribution in [1.29, 1.82) is 0 Å². The molecule has 0 aromatic carbocycles. The summed E-state index contributed by atoms with van der Waals surface area (Å²) in [6, 6.07) is 3.34. The quantitative estimate of drug-likeness (QED) is 0.848. The maximum absolute atomic E-state index is 12.3. The predicted molar refractivity (Wildman–Crippen MR) is 91.0 cm³/mol. The zero-order chi connectivity index (χ0) is 17.8. The molecule has 1 saturated heterocycles. The molecule has 0 radical (unpaired) electrons. The Balaban J connectivity index is 1.69. The predicted octanol–water partition coefficient (Wildman–Crippen LogP) is 0.626. The number of amides is 1. The normalized spacial score (nSPS) is 17.2. The van der Waals surface area contributed by atoms with Crippen LogP contribution >= 0.6 is 0 Å². The standard InChI is InChI=1S/C16H22N6O3/c1-21-8-6-12(20-21)15(23)17-11-5-4-7-22(10-11)16-18-13(24-2)9-14(19-16)25-3/h6,8-9,11H,4-5,7,10H2,1-3H3,(H,17,23). The van der Waals surface area contributed by atoms with Gasteiger partial charge in [0.15, 0.2) is 0 Å². The fourth-order valence-electron chi connectivity index (χ4n) is 2.81. The number of carbonyl (C=O) groups is 1. The molecule has 1 aliphatic heterocycles. The average Bonchev–Trinajstić information content (AvgIpc) is 3.08. The van der Waals surface area contributed by atoms with Crippen LogP contribution in [0.3, 0.4) is 0 Å². The lowest BCUT2D eigenvalue weighted by molar-refractivity contribution is 0.0927. The Morgan fingerprint density at radius 2 is 2.00 bits per heavy atom. The van der Waals surface area contributed by atoms with Crippen LogP contribution in [0.25, 0.3) is 0 Å². The lowest BCUT2D eigenvalue weighted by Crippen LogP contribution is -2.48. The molecule has 9 heteroatoms. The molecular formula is C16H22N6O3. The maximum Gasteiger partial charge on any atom is 0.272 e. The molecule has 25 heavy (non-hydrogen) atoms. The first-order valence-electron chi connectivity index (χ1n) is 8.11. The number of methoxy groups -OCH3 is 2. The van der Waals surface area contributed by atoms with E-state index < -0.39 is 0 Å². The number of nitrogens with zero attached hydrogens (tertiary/aromatic N) is 5. The Morgan fingerprint density at radius 1 is 1.28 bits per heavy atom. The van der Waals surface area contributed by atoms with Gasteiger partial charge in [-0.1, -0.05) is 0 Å². The van der Waals surface area contributed by atoms with Crippen LogP contribution in [0, 0.1) is 0 Å². The van der Waals surface area contributed by atoms with Crippen LogP contribution in [0.5, 0.6) is 11.8 Å². The van der Waals surface area contributed by atoms with Crippen molar-refractivity contribution in [2.45, 2.75) is 18.9 Å². The molecule has 1 amide bonds. The van der Waals surface area contributed by atoms with E-state index in [0.29, 0.717) is 29.9 Å². The number of aromatic nitrogens is 4. The maximum atomic E-state index is 12.3. The van der Waals surface area contributed by atoms with Crippen molar-refractivity contribution in [2.75, 3.05) is 32.2 Å². The Hall–Kier alpha value is -2.84. The van der Waals surface area contributed by atoms with E-state index in [0.717, 1.165) is 19.4 Å². The number of hydrogen-bond donors (Lipinski definition) is 1. The number of aryl methyl sites for hydroxylation is 1. The smallest absolute Gasteiger partial charge is 0.272 e. The Kier molecular flexibility index (Phi) is 5.01. The van der Waals surface area contributed by atoms with Gasteiger partial charge >= 0.3 is 0 Å². The van der Waals surface area contributed by atoms with Gasteiger partial charge in [0.1, 0.15) is 5.69 Å². The van der Waals surface area contributed by atoms with Crippen molar-refractivity contribution in [2.24, 2.45) is 7.05 Å². The minimum atomic E-state index is -0.170. The van der Waals surface area contributed by atoms with Gasteiger partial charge < -0.3 is 19.7 Å². The molecular weight excluding hydrogens is 324 g/mol. The first-order valence-corrected chi connectivity index (χ1v) is 8.11. The topological polar surface area (TPSA) is 94.4 Å². The molecule has 134 valence electrons. The van der Waals surface area contributed by atoms with E-state index in [1.807, 2.05) is 4.90 Å². The summed E-state index contributed by atoms with van der Waals surface area (Å²) in [5.74, 6) is 1.26. The van der Waals surface area contributed by atoms with Crippen molar-refractivity contribution in [3.05, 3.63) is 24.0 Å². The summed E-state index contributed by atoms with van der Waals surface area (Å²) in [6.45, 7) is 1.43. The van der Waals surface area contributed by atoms with Crippen LogP contribution in [0.1, 0.15) is 23.3 Å². The van der Waals surface area contributed by atoms with Crippen molar-refractivity contribution in [3.63, 3.8) is 0 Å². The Labute approximate surface area is 146 Å². The highest BCUT2D eigenvalue weighted by molar-refractivity contribution is 5.92. The van der Waals surface area contributed by atoms with Gasteiger partial charge in [-0.25, -0.2) is 0 Å². The third-order valence-corrected chi connectivity index (χ3v) is 4.07. The molecule has 1 unspecified atom stereocenters. The summed E-state index contributed by atoms with van der Waals surface area (Å²) >= 11 is 0. The number of piperidine rings is 1. The van der Waals surface area contributed by atoms with Crippen LogP contribution in [0.15, 0.2) is 18.3 Å². The largest absolute Gasteiger partial charge is 0.481 e. The Bertz CT molecular complexity index is 725. The van der Waals surface area contributed by atoms with Crippen LogP contribution in [0.4, 0.5) is 5.95 Å². The SMILES string of the molecule is COc1cc(OC)nc(N2CCCC(NC(=O)c3ccn(C)n3)C2)n1. The van der Waals surface area contributed by atoms with E-state index in [9.17, 15) is 4.79 Å². The zero-order valence-electron chi connectivity index (χ0n) is 14.6. The molecule has 2 aromatic heterocycles. The van der Waals surface area contributed by atoms with Gasteiger partial charge in [0.05, 0.1) is 20.3 Å². The van der Waals surface area contributed by atoms with Crippen LogP contribution in [-0.4, -0.2) is 59.0 Å². The molecule has 1 aliphatic rings. The number of anilines is 1. The van der Waals surface area contributed by atoms with Gasteiger partial charge in [-0.3, -0.25) is 9.48 Å². The van der Waals surface area contributed by atoms with Crippen LogP contribution < -0.4 is 19.7 Å². The van der Waals surface area contributed by atoms with Crippen molar-refractivity contribution in [1.82, 2.24) is 25.1 Å². The molecule has 1 fully saturated rings. The van der Waals surface area contributed by atoms with Crippen molar-refractivity contribution >= 4 is 11.9 Å². The molecule has 0 aliphatic carbocycles. The highest BCUT2D eigenvalue weighted by Crippen LogP contribution is 2.23. The molecule has 1 atom stereocenters. The van der Waals surface area contributed by atoms with E-state index in [1.54, 1.807) is 44.3 Å². The van der Waals surface area contributed by atoms with E-state index in [-0.39, 0.29) is 11.9 Å². The van der Waals surface area contributed by atoms with E-state index in [1.165, 1.54) is 0 Å². The van der Waals surface area contributed by atoms with Crippen molar-refractivity contribution < 1.29 is 14.3 Å². The summed E-state index contributed by atoms with van der Waals surface area (Å²) in [5.41, 5.74) is 0.416. The van der Waals surface area contributed by atoms with Crippen LogP contribution in [-0.2, 0) is 7.05 Å². The summed E-state index contributed by atoms with van der Waals surface area (Å²) < 4.78 is 12.0. The van der Waals surface area contributed by atoms with Gasteiger partial charge in [-0.05, 0) is 18.9 Å². The highest BCUT2D eigenvalue weighted by Gasteiger charge is 2.25. The first-order chi connectivity index (χ1) is 12.1. The second-order valence-electron chi connectivity index (χ2n) is 5.89. The lowest BCUT2D eigenvalue weighted by Gasteiger charge is -2.33. The highest BCUT2D eigenvalue weighted by atomic mass is 16.5. The lowest BCUT2D eigenvalue weighted by atomic mass is 10.1. The van der Waals surface area contributed by atoms with Crippen molar-refractivity contribution in [3.8, 4) is 11.8 Å². The second-order valence-corrected chi connectivity index (χ2v) is 5.89. The second kappa shape index (κ2) is 7.37. The number of hydrogen-bond acceptors (Lipinski definition) is 7. The number of nitrogens with one attached hydrogen (secondary N) is 1. The number of rotatable bonds is 5. The third kappa shape index (κ3) is 3.98. The first kappa shape index (κ1) is 17.0. The van der Waals surface area contributed by atoms with Crippen LogP contribution in [0.2, 0.25) is 0 Å². The summed E-state index contributed by atoms with van der Waals surface area (Å²) in [7, 11) is 4.89. The minimum Gasteiger partial charge on any atom is -0.481 e. The molecule has 1 N–H and O–H groups in total. The molecule has 3 rings (SSSR count). The summed E-state index contributed by atoms with van der Waals surface area (Å²) in [4.78, 5) is 23.1. The minimum absolute atomic E-state index is 0.00375. The fraction of sp³-hybridized carbons (Fsp3) is 0.500. The monoisotopic (exact) mass is 346 g/mol. The van der Waals surface area contributed by atoms with Gasteiger partial charge in [0.25, 0.3) is 5.91 Å². The molecule has 0 spiro atoms. The summed E-state index contributed by atoms with van der Waals surface area (Å²) in [5, 5.41) is 7.16. The molecule has 0 bridgehead atoms. The Morgan fingerprint density at radius 3 is 2.60 bits per heavy atom. The molecule has 2 aromatic rings. The van der Waals surface area contributed by atoms with E-state index >= 15 is 0 Å². The number of carbonyl (C=O) groups excluding carboxylic acids is 1. The van der Waals surface area contributed by atoms with Gasteiger partial charge in [-0.2, -0.15) is 15.1 Å². The van der Waals surface area contributed by atoms with Gasteiger partial charge in [0, 0.05) is 32.4 Å². The van der Waals surface area contributed by atoms with Gasteiger partial charge in [0.2, 0.25) is 17.7 Å². The fourth-order valence-corrected chi connectivity index (χ4v) is 2.81. The van der Waals surface area contributed by atoms with E-state index in [2.05, 4.69) is 20.4 Å².